The number of aromatic nitrogens is 2. The molecule has 0 spiro atoms. The zero-order valence-electron chi connectivity index (χ0n) is 11.0. The molecule has 0 bridgehead atoms. The summed E-state index contributed by atoms with van der Waals surface area (Å²) in [6.45, 7) is 0. The predicted molar refractivity (Wildman–Crippen MR) is 79.3 cm³/mol. The van der Waals surface area contributed by atoms with E-state index >= 15 is 0 Å². The highest BCUT2D eigenvalue weighted by Crippen LogP contribution is 2.31. The average molecular weight is 291 g/mol. The van der Waals surface area contributed by atoms with Crippen molar-refractivity contribution in [1.29, 1.82) is 0 Å². The van der Waals surface area contributed by atoms with Gasteiger partial charge in [-0.15, -0.1) is 0 Å². The van der Waals surface area contributed by atoms with E-state index in [4.69, 9.17) is 27.4 Å². The fraction of sp³-hybridized carbons (Fsp3) is 0.154. The summed E-state index contributed by atoms with van der Waals surface area (Å²) < 4.78 is 10.4. The number of benzene rings is 1. The minimum Gasteiger partial charge on any atom is -0.497 e. The van der Waals surface area contributed by atoms with Crippen LogP contribution in [-0.4, -0.2) is 29.4 Å². The number of hydrogen-bond donors (Lipinski definition) is 2. The second-order valence-electron chi connectivity index (χ2n) is 3.93. The Morgan fingerprint density at radius 2 is 2.05 bits per heavy atom. The lowest BCUT2D eigenvalue weighted by Crippen LogP contribution is -2.23. The highest BCUT2D eigenvalue weighted by Gasteiger charge is 2.12. The van der Waals surface area contributed by atoms with Crippen molar-refractivity contribution in [2.24, 2.45) is 5.73 Å². The summed E-state index contributed by atoms with van der Waals surface area (Å²) in [6, 6.07) is 6.80. The van der Waals surface area contributed by atoms with E-state index < -0.39 is 5.56 Å². The number of nitrogens with two attached hydrogens (primary N) is 1. The number of aromatic amines is 1. The van der Waals surface area contributed by atoms with Gasteiger partial charge < -0.3 is 15.2 Å². The van der Waals surface area contributed by atoms with Crippen molar-refractivity contribution in [3.63, 3.8) is 0 Å². The van der Waals surface area contributed by atoms with Crippen molar-refractivity contribution in [2.75, 3.05) is 14.2 Å². The van der Waals surface area contributed by atoms with E-state index in [1.54, 1.807) is 32.4 Å². The van der Waals surface area contributed by atoms with Crippen molar-refractivity contribution in [3.05, 3.63) is 40.2 Å². The Kier molecular flexibility index (Phi) is 3.99. The van der Waals surface area contributed by atoms with Crippen LogP contribution in [0.3, 0.4) is 0 Å². The summed E-state index contributed by atoms with van der Waals surface area (Å²) in [7, 11) is 3.11. The van der Waals surface area contributed by atoms with Crippen molar-refractivity contribution in [1.82, 2.24) is 10.2 Å². The van der Waals surface area contributed by atoms with Crippen molar-refractivity contribution in [3.8, 4) is 22.8 Å². The molecule has 1 aromatic carbocycles. The zero-order valence-corrected chi connectivity index (χ0v) is 11.8. The van der Waals surface area contributed by atoms with Gasteiger partial charge in [0.15, 0.2) is 0 Å². The molecule has 6 nitrogen and oxygen atoms in total. The minimum absolute atomic E-state index is 0.0109. The highest BCUT2D eigenvalue weighted by molar-refractivity contribution is 7.80. The van der Waals surface area contributed by atoms with Crippen LogP contribution in [0.25, 0.3) is 11.3 Å². The van der Waals surface area contributed by atoms with Crippen LogP contribution in [0, 0.1) is 0 Å². The number of nitrogens with one attached hydrogen (secondary N) is 1. The highest BCUT2D eigenvalue weighted by atomic mass is 32.1. The van der Waals surface area contributed by atoms with E-state index in [1.165, 1.54) is 6.07 Å². The first-order valence-corrected chi connectivity index (χ1v) is 6.09. The Balaban J connectivity index is 2.64. The Morgan fingerprint density at radius 1 is 1.30 bits per heavy atom. The third kappa shape index (κ3) is 2.62. The second-order valence-corrected chi connectivity index (χ2v) is 4.37. The van der Waals surface area contributed by atoms with E-state index in [2.05, 4.69) is 10.2 Å². The van der Waals surface area contributed by atoms with E-state index in [9.17, 15) is 4.79 Å². The molecule has 0 saturated carbocycles. The first-order chi connectivity index (χ1) is 9.56. The molecule has 1 aromatic heterocycles. The van der Waals surface area contributed by atoms with Gasteiger partial charge in [0.25, 0.3) is 5.56 Å². The molecule has 0 radical (unpaired) electrons. The summed E-state index contributed by atoms with van der Waals surface area (Å²) >= 11 is 4.84. The molecule has 0 unspecified atom stereocenters. The van der Waals surface area contributed by atoms with Gasteiger partial charge in [-0.05, 0) is 24.3 Å². The summed E-state index contributed by atoms with van der Waals surface area (Å²) in [5, 5.41) is 6.36. The fourth-order valence-electron chi connectivity index (χ4n) is 1.74. The Hall–Kier alpha value is -2.41. The van der Waals surface area contributed by atoms with Crippen LogP contribution < -0.4 is 20.8 Å². The molecular weight excluding hydrogens is 278 g/mol. The Bertz CT molecular complexity index is 712. The van der Waals surface area contributed by atoms with E-state index in [0.29, 0.717) is 22.8 Å². The van der Waals surface area contributed by atoms with Gasteiger partial charge in [0.05, 0.1) is 25.5 Å². The van der Waals surface area contributed by atoms with E-state index in [1.807, 2.05) is 0 Å². The quantitative estimate of drug-likeness (QED) is 0.819. The maximum Gasteiger partial charge on any atom is 0.274 e. The largest absolute Gasteiger partial charge is 0.497 e. The van der Waals surface area contributed by atoms with Crippen LogP contribution in [0.4, 0.5) is 0 Å². The van der Waals surface area contributed by atoms with Crippen LogP contribution in [0.5, 0.6) is 11.5 Å². The smallest absolute Gasteiger partial charge is 0.274 e. The van der Waals surface area contributed by atoms with Gasteiger partial charge in [0.2, 0.25) is 0 Å². The third-order valence-electron chi connectivity index (χ3n) is 2.75. The fourth-order valence-corrected chi connectivity index (χ4v) is 1.89. The molecule has 2 aromatic rings. The molecule has 0 aliphatic rings. The number of methoxy groups -OCH3 is 2. The molecule has 1 heterocycles. The number of nitrogens with zero attached hydrogens (tertiary/aromatic N) is 1. The van der Waals surface area contributed by atoms with Crippen LogP contribution in [0.15, 0.2) is 29.1 Å². The topological polar surface area (TPSA) is 90.2 Å². The van der Waals surface area contributed by atoms with Crippen LogP contribution in [0.2, 0.25) is 0 Å². The molecule has 20 heavy (non-hydrogen) atoms. The average Bonchev–Trinajstić information content (AvgIpc) is 2.46. The molecule has 3 N–H and O–H groups in total. The number of rotatable bonds is 4. The zero-order chi connectivity index (χ0) is 14.7. The lowest BCUT2D eigenvalue weighted by atomic mass is 10.1. The summed E-state index contributed by atoms with van der Waals surface area (Å²) in [5.74, 6) is 1.24. The van der Waals surface area contributed by atoms with Gasteiger partial charge in [-0.2, -0.15) is 5.10 Å². The van der Waals surface area contributed by atoms with E-state index in [0.717, 1.165) is 0 Å². The lowest BCUT2D eigenvalue weighted by Gasteiger charge is -2.10. The molecule has 0 fully saturated rings. The molecule has 104 valence electrons. The molecule has 0 amide bonds. The first-order valence-electron chi connectivity index (χ1n) is 5.68. The van der Waals surface area contributed by atoms with Gasteiger partial charge in [0, 0.05) is 5.56 Å². The Labute approximate surface area is 120 Å². The second kappa shape index (κ2) is 5.70. The standard InChI is InChI=1S/C13H13N3O3S/c1-18-7-3-4-11(19-2)8(5-7)10-6-9(12(14)20)13(17)16-15-10/h3-6H,1-2H3,(H2,14,20)(H,16,17). The van der Waals surface area contributed by atoms with Crippen molar-refractivity contribution >= 4 is 17.2 Å². The summed E-state index contributed by atoms with van der Waals surface area (Å²) in [4.78, 5) is 11.6. The molecule has 0 aliphatic carbocycles. The number of hydrogen-bond acceptors (Lipinski definition) is 5. The molecule has 0 atom stereocenters. The van der Waals surface area contributed by atoms with Gasteiger partial charge in [0.1, 0.15) is 16.5 Å². The van der Waals surface area contributed by atoms with Gasteiger partial charge in [-0.3, -0.25) is 4.79 Å². The SMILES string of the molecule is COc1ccc(OC)c(-c2cc(C(N)=S)c(=O)[nH]n2)c1. The van der Waals surface area contributed by atoms with Crippen molar-refractivity contribution in [2.45, 2.75) is 0 Å². The number of thiocarbonyl (C=S) groups is 1. The van der Waals surface area contributed by atoms with Crippen LogP contribution in [0.1, 0.15) is 5.56 Å². The van der Waals surface area contributed by atoms with Crippen molar-refractivity contribution < 1.29 is 9.47 Å². The number of H-pyrrole nitrogens is 1. The predicted octanol–water partition coefficient (Wildman–Crippen LogP) is 1.09. The normalized spacial score (nSPS) is 10.1. The minimum atomic E-state index is -0.428. The van der Waals surface area contributed by atoms with Gasteiger partial charge in [-0.1, -0.05) is 12.2 Å². The van der Waals surface area contributed by atoms with Gasteiger partial charge in [-0.25, -0.2) is 5.10 Å². The third-order valence-corrected chi connectivity index (χ3v) is 2.97. The molecule has 7 heteroatoms. The maximum absolute atomic E-state index is 11.6. The molecule has 0 saturated heterocycles. The van der Waals surface area contributed by atoms with Crippen LogP contribution in [-0.2, 0) is 0 Å². The molecule has 0 aliphatic heterocycles. The summed E-state index contributed by atoms with van der Waals surface area (Å²) in [5.41, 5.74) is 6.45. The monoisotopic (exact) mass is 291 g/mol. The van der Waals surface area contributed by atoms with Gasteiger partial charge >= 0.3 is 0 Å². The number of ether oxygens (including phenoxy) is 2. The molecule has 2 rings (SSSR count). The molecular formula is C13H13N3O3S. The Morgan fingerprint density at radius 3 is 2.65 bits per heavy atom. The first kappa shape index (κ1) is 14.0. The van der Waals surface area contributed by atoms with E-state index in [-0.39, 0.29) is 10.6 Å². The maximum atomic E-state index is 11.6. The lowest BCUT2D eigenvalue weighted by molar-refractivity contribution is 0.404. The van der Waals surface area contributed by atoms with Crippen LogP contribution >= 0.6 is 12.2 Å². The summed E-state index contributed by atoms with van der Waals surface area (Å²) in [6.07, 6.45) is 0.